The second-order valence-electron chi connectivity index (χ2n) is 6.87. The molecule has 0 spiro atoms. The first kappa shape index (κ1) is 21.2. The zero-order chi connectivity index (χ0) is 22.8. The lowest BCUT2D eigenvalue weighted by molar-refractivity contribution is 0.0480. The molecule has 8 heteroatoms. The monoisotopic (exact) mass is 434 g/mol. The van der Waals surface area contributed by atoms with Crippen LogP contribution in [-0.4, -0.2) is 40.5 Å². The summed E-state index contributed by atoms with van der Waals surface area (Å²) in [5, 5.41) is 5.66. The van der Waals surface area contributed by atoms with Crippen molar-refractivity contribution in [3.8, 4) is 0 Å². The normalized spacial score (nSPS) is 11.0. The van der Waals surface area contributed by atoms with E-state index >= 15 is 0 Å². The van der Waals surface area contributed by atoms with Gasteiger partial charge >= 0.3 is 11.9 Å². The summed E-state index contributed by atoms with van der Waals surface area (Å²) in [6.45, 7) is 3.36. The van der Waals surface area contributed by atoms with Crippen LogP contribution in [-0.2, 0) is 9.47 Å². The topological polar surface area (TPSA) is 87.0 Å². The smallest absolute Gasteiger partial charge is 0.341 e. The number of ether oxygens (including phenoxy) is 2. The van der Waals surface area contributed by atoms with Crippen LogP contribution >= 0.6 is 0 Å². The maximum Gasteiger partial charge on any atom is 0.341 e. The van der Waals surface area contributed by atoms with E-state index in [1.165, 1.54) is 22.8 Å². The first-order chi connectivity index (χ1) is 15.5. The molecule has 2 aromatic heterocycles. The molecule has 0 saturated heterocycles. The number of rotatable bonds is 6. The van der Waals surface area contributed by atoms with Crippen molar-refractivity contribution in [2.45, 2.75) is 13.8 Å². The van der Waals surface area contributed by atoms with Gasteiger partial charge in [0.05, 0.1) is 24.9 Å². The number of ketones is 1. The van der Waals surface area contributed by atoms with E-state index in [-0.39, 0.29) is 41.1 Å². The highest BCUT2D eigenvalue weighted by Gasteiger charge is 2.35. The largest absolute Gasteiger partial charge is 0.462 e. The molecule has 0 bridgehead atoms. The lowest BCUT2D eigenvalue weighted by Crippen LogP contribution is -2.17. The molecular formula is C24H19FN2O5. The van der Waals surface area contributed by atoms with Crippen LogP contribution in [0.3, 0.4) is 0 Å². The molecule has 0 aliphatic rings. The molecule has 7 nitrogen and oxygen atoms in total. The predicted molar refractivity (Wildman–Crippen MR) is 114 cm³/mol. The number of fused-ring (bicyclic) bond motifs is 3. The molecule has 0 unspecified atom stereocenters. The molecule has 0 fully saturated rings. The van der Waals surface area contributed by atoms with Crippen LogP contribution in [0.25, 0.3) is 16.3 Å². The minimum absolute atomic E-state index is 0.0334. The van der Waals surface area contributed by atoms with Gasteiger partial charge in [-0.3, -0.25) is 4.79 Å². The number of hydrogen-bond donors (Lipinski definition) is 0. The highest BCUT2D eigenvalue weighted by Crippen LogP contribution is 2.32. The van der Waals surface area contributed by atoms with Gasteiger partial charge in [0, 0.05) is 16.3 Å². The molecule has 4 aromatic rings. The second-order valence-corrected chi connectivity index (χ2v) is 6.87. The molecule has 0 saturated carbocycles. The molecular weight excluding hydrogens is 415 g/mol. The Hall–Kier alpha value is -4.07. The molecule has 2 aromatic carbocycles. The number of carbonyl (C=O) groups excluding carboxylic acids is 3. The summed E-state index contributed by atoms with van der Waals surface area (Å²) in [4.78, 5) is 39.5. The lowest BCUT2D eigenvalue weighted by Gasteiger charge is -2.07. The maximum absolute atomic E-state index is 13.5. The molecule has 0 amide bonds. The molecule has 4 rings (SSSR count). The molecule has 162 valence electrons. The molecule has 0 N–H and O–H groups in total. The van der Waals surface area contributed by atoms with Crippen molar-refractivity contribution < 1.29 is 28.2 Å². The van der Waals surface area contributed by atoms with Crippen LogP contribution in [0.2, 0.25) is 0 Å². The fourth-order valence-corrected chi connectivity index (χ4v) is 3.62. The van der Waals surface area contributed by atoms with Crippen molar-refractivity contribution in [3.63, 3.8) is 0 Å². The minimum atomic E-state index is -0.851. The van der Waals surface area contributed by atoms with Crippen molar-refractivity contribution in [1.29, 1.82) is 0 Å². The Morgan fingerprint density at radius 2 is 1.53 bits per heavy atom. The second kappa shape index (κ2) is 8.58. The van der Waals surface area contributed by atoms with Gasteiger partial charge in [0.1, 0.15) is 22.6 Å². The van der Waals surface area contributed by atoms with Crippen molar-refractivity contribution >= 4 is 34.0 Å². The zero-order valence-corrected chi connectivity index (χ0v) is 17.4. The van der Waals surface area contributed by atoms with Crippen LogP contribution in [0.15, 0.2) is 54.7 Å². The summed E-state index contributed by atoms with van der Waals surface area (Å²) in [7, 11) is 0. The third kappa shape index (κ3) is 3.49. The Balaban J connectivity index is 2.14. The molecule has 2 heterocycles. The fourth-order valence-electron chi connectivity index (χ4n) is 3.62. The molecule has 32 heavy (non-hydrogen) atoms. The Bertz CT molecular complexity index is 1360. The fraction of sp³-hybridized carbons (Fsp3) is 0.167. The maximum atomic E-state index is 13.5. The van der Waals surface area contributed by atoms with Gasteiger partial charge in [-0.2, -0.15) is 5.10 Å². The quantitative estimate of drug-likeness (QED) is 0.334. The van der Waals surface area contributed by atoms with Gasteiger partial charge in [-0.05, 0) is 38.1 Å². The van der Waals surface area contributed by atoms with Crippen LogP contribution in [0.4, 0.5) is 4.39 Å². The Morgan fingerprint density at radius 3 is 2.19 bits per heavy atom. The Labute approximate surface area is 182 Å². The van der Waals surface area contributed by atoms with Crippen LogP contribution in [0.1, 0.15) is 50.6 Å². The van der Waals surface area contributed by atoms with Crippen molar-refractivity contribution in [2.24, 2.45) is 0 Å². The molecule has 0 atom stereocenters. The van der Waals surface area contributed by atoms with E-state index in [1.807, 2.05) is 6.07 Å². The van der Waals surface area contributed by atoms with Gasteiger partial charge in [0.15, 0.2) is 0 Å². The molecule has 0 radical (unpaired) electrons. The van der Waals surface area contributed by atoms with Gasteiger partial charge < -0.3 is 9.47 Å². The van der Waals surface area contributed by atoms with Crippen molar-refractivity contribution in [3.05, 3.63) is 82.9 Å². The summed E-state index contributed by atoms with van der Waals surface area (Å²) < 4.78 is 25.1. The summed E-state index contributed by atoms with van der Waals surface area (Å²) in [5.74, 6) is -2.75. The third-order valence-electron chi connectivity index (χ3n) is 4.96. The van der Waals surface area contributed by atoms with Crippen LogP contribution in [0.5, 0.6) is 0 Å². The standard InChI is InChI=1S/C24H19FN2O5/c1-3-31-23(29)18-19(24(30)32-4-2)21(22(28)14-9-11-16(25)12-10-14)27-20(18)17-8-6-5-7-15(17)13-26-27/h5-13H,3-4H2,1-2H3. The lowest BCUT2D eigenvalue weighted by atomic mass is 10.0. The number of carbonyl (C=O) groups is 3. The minimum Gasteiger partial charge on any atom is -0.462 e. The number of hydrogen-bond acceptors (Lipinski definition) is 6. The highest BCUT2D eigenvalue weighted by molar-refractivity contribution is 6.22. The van der Waals surface area contributed by atoms with Crippen LogP contribution in [0, 0.1) is 5.82 Å². The molecule has 0 aliphatic heterocycles. The number of halogens is 1. The summed E-state index contributed by atoms with van der Waals surface area (Å²) in [6.07, 6.45) is 1.54. The summed E-state index contributed by atoms with van der Waals surface area (Å²) in [6, 6.07) is 12.0. The van der Waals surface area contributed by atoms with Gasteiger partial charge in [-0.25, -0.2) is 18.5 Å². The van der Waals surface area contributed by atoms with Gasteiger partial charge in [0.2, 0.25) is 5.78 Å². The van der Waals surface area contributed by atoms with E-state index in [1.54, 1.807) is 32.0 Å². The zero-order valence-electron chi connectivity index (χ0n) is 17.4. The third-order valence-corrected chi connectivity index (χ3v) is 4.96. The Morgan fingerprint density at radius 1 is 0.906 bits per heavy atom. The highest BCUT2D eigenvalue weighted by atomic mass is 19.1. The van der Waals surface area contributed by atoms with Crippen molar-refractivity contribution in [2.75, 3.05) is 13.2 Å². The number of esters is 2. The van der Waals surface area contributed by atoms with E-state index in [4.69, 9.17) is 9.47 Å². The summed E-state index contributed by atoms with van der Waals surface area (Å²) >= 11 is 0. The van der Waals surface area contributed by atoms with Gasteiger partial charge in [-0.15, -0.1) is 0 Å². The van der Waals surface area contributed by atoms with E-state index in [2.05, 4.69) is 5.10 Å². The Kier molecular flexibility index (Phi) is 5.68. The van der Waals surface area contributed by atoms with E-state index < -0.39 is 23.5 Å². The van der Waals surface area contributed by atoms with E-state index in [9.17, 15) is 18.8 Å². The molecule has 0 aliphatic carbocycles. The van der Waals surface area contributed by atoms with E-state index in [0.29, 0.717) is 10.8 Å². The van der Waals surface area contributed by atoms with Crippen LogP contribution < -0.4 is 0 Å². The number of aromatic nitrogens is 2. The predicted octanol–water partition coefficient (Wildman–Crippen LogP) is 4.21. The average Bonchev–Trinajstić information content (AvgIpc) is 3.15. The number of nitrogens with zero attached hydrogens (tertiary/aromatic N) is 2. The first-order valence-electron chi connectivity index (χ1n) is 10.0. The van der Waals surface area contributed by atoms with Gasteiger partial charge in [0.25, 0.3) is 0 Å². The SMILES string of the molecule is CCOC(=O)c1c(C(=O)OCC)c2c3ccccc3cnn2c1C(=O)c1ccc(F)cc1. The number of benzene rings is 2. The van der Waals surface area contributed by atoms with Crippen molar-refractivity contribution in [1.82, 2.24) is 9.61 Å². The summed E-state index contributed by atoms with van der Waals surface area (Å²) in [5.41, 5.74) is -0.0980. The average molecular weight is 434 g/mol. The first-order valence-corrected chi connectivity index (χ1v) is 10.0. The van der Waals surface area contributed by atoms with Gasteiger partial charge in [-0.1, -0.05) is 24.3 Å². The van der Waals surface area contributed by atoms with E-state index in [0.717, 1.165) is 12.1 Å².